The zero-order valence-corrected chi connectivity index (χ0v) is 11.0. The van der Waals surface area contributed by atoms with Gasteiger partial charge < -0.3 is 0 Å². The first-order valence-electron chi connectivity index (χ1n) is 6.90. The van der Waals surface area contributed by atoms with Crippen LogP contribution in [0.5, 0.6) is 0 Å². The third-order valence-corrected chi connectivity index (χ3v) is 3.81. The highest BCUT2D eigenvalue weighted by Crippen LogP contribution is 2.33. The van der Waals surface area contributed by atoms with Gasteiger partial charge in [0.1, 0.15) is 0 Å². The van der Waals surface area contributed by atoms with Crippen molar-refractivity contribution in [1.82, 2.24) is 9.97 Å². The van der Waals surface area contributed by atoms with Crippen molar-refractivity contribution < 1.29 is 0 Å². The Kier molecular flexibility index (Phi) is 2.59. The molecule has 4 rings (SSSR count). The third kappa shape index (κ3) is 1.81. The van der Waals surface area contributed by atoms with Crippen molar-refractivity contribution in [1.29, 1.82) is 0 Å². The fourth-order valence-corrected chi connectivity index (χ4v) is 2.81. The van der Waals surface area contributed by atoms with E-state index < -0.39 is 0 Å². The smallest absolute Gasteiger partial charge is 0.0894 e. The summed E-state index contributed by atoms with van der Waals surface area (Å²) in [5.41, 5.74) is 5.34. The Morgan fingerprint density at radius 1 is 0.800 bits per heavy atom. The second kappa shape index (κ2) is 4.57. The molecule has 2 heteroatoms. The Hall–Kier alpha value is -2.48. The van der Waals surface area contributed by atoms with E-state index in [9.17, 15) is 0 Å². The van der Waals surface area contributed by atoms with E-state index in [2.05, 4.69) is 42.5 Å². The fraction of sp³-hybridized carbons (Fsp3) is 0.111. The van der Waals surface area contributed by atoms with Crippen LogP contribution in [0.15, 0.2) is 60.7 Å². The number of benzene rings is 2. The van der Waals surface area contributed by atoms with Gasteiger partial charge in [0, 0.05) is 5.92 Å². The normalized spacial score (nSPS) is 17.1. The molecular formula is C18H14N2. The van der Waals surface area contributed by atoms with Crippen molar-refractivity contribution in [3.8, 4) is 0 Å². The number of aromatic nitrogens is 2. The summed E-state index contributed by atoms with van der Waals surface area (Å²) < 4.78 is 0. The average Bonchev–Trinajstić information content (AvgIpc) is 2.53. The molecule has 0 fully saturated rings. The van der Waals surface area contributed by atoms with Crippen LogP contribution in [-0.2, 0) is 0 Å². The summed E-state index contributed by atoms with van der Waals surface area (Å²) in [6.45, 7) is 0. The van der Waals surface area contributed by atoms with Crippen molar-refractivity contribution in [2.75, 3.05) is 0 Å². The molecule has 0 N–H and O–H groups in total. The Bertz CT molecular complexity index is 791. The van der Waals surface area contributed by atoms with Crippen LogP contribution in [0.4, 0.5) is 0 Å². The van der Waals surface area contributed by atoms with Gasteiger partial charge in [0.2, 0.25) is 0 Å². The van der Waals surface area contributed by atoms with E-state index in [4.69, 9.17) is 9.97 Å². The van der Waals surface area contributed by atoms with E-state index in [1.54, 1.807) is 0 Å². The minimum atomic E-state index is 0.313. The lowest BCUT2D eigenvalue weighted by molar-refractivity contribution is 0.780. The number of rotatable bonds is 1. The van der Waals surface area contributed by atoms with Crippen LogP contribution in [0.25, 0.3) is 17.1 Å². The van der Waals surface area contributed by atoms with Gasteiger partial charge in [-0.15, -0.1) is 0 Å². The third-order valence-electron chi connectivity index (χ3n) is 3.81. The highest BCUT2D eigenvalue weighted by molar-refractivity contribution is 5.76. The van der Waals surface area contributed by atoms with E-state index in [0.29, 0.717) is 5.92 Å². The van der Waals surface area contributed by atoms with Crippen molar-refractivity contribution in [2.45, 2.75) is 12.3 Å². The van der Waals surface area contributed by atoms with Gasteiger partial charge in [-0.05, 0) is 30.2 Å². The van der Waals surface area contributed by atoms with E-state index >= 15 is 0 Å². The number of hydrogen-bond acceptors (Lipinski definition) is 2. The fourth-order valence-electron chi connectivity index (χ4n) is 2.81. The quantitative estimate of drug-likeness (QED) is 0.654. The number of para-hydroxylation sites is 2. The van der Waals surface area contributed by atoms with E-state index in [1.165, 1.54) is 5.56 Å². The molecule has 0 radical (unpaired) electrons. The van der Waals surface area contributed by atoms with Gasteiger partial charge in [-0.3, -0.25) is 0 Å². The van der Waals surface area contributed by atoms with Gasteiger partial charge in [0.25, 0.3) is 0 Å². The molecule has 0 spiro atoms. The average molecular weight is 258 g/mol. The van der Waals surface area contributed by atoms with Crippen LogP contribution >= 0.6 is 0 Å². The minimum Gasteiger partial charge on any atom is -0.248 e. The Balaban J connectivity index is 1.92. The van der Waals surface area contributed by atoms with Crippen LogP contribution in [-0.4, -0.2) is 9.97 Å². The molecule has 1 unspecified atom stereocenters. The first-order valence-corrected chi connectivity index (χ1v) is 6.90. The molecule has 1 aliphatic rings. The maximum absolute atomic E-state index is 4.86. The standard InChI is InChI=1S/C18H14N2/c1-2-7-13(8-3-1)14-9-6-12-17-18(14)20-16-11-5-4-10-15(16)19-17/h1-8,10-12,14H,9H2. The predicted octanol–water partition coefficient (Wildman–Crippen LogP) is 4.18. The van der Waals surface area contributed by atoms with Crippen LogP contribution in [0, 0.1) is 0 Å². The summed E-state index contributed by atoms with van der Waals surface area (Å²) in [6, 6.07) is 18.6. The molecule has 3 aromatic rings. The first kappa shape index (κ1) is 11.4. The Labute approximate surface area is 117 Å². The van der Waals surface area contributed by atoms with E-state index in [0.717, 1.165) is 28.8 Å². The van der Waals surface area contributed by atoms with Crippen molar-refractivity contribution in [3.63, 3.8) is 0 Å². The molecule has 1 heterocycles. The summed E-state index contributed by atoms with van der Waals surface area (Å²) >= 11 is 0. The summed E-state index contributed by atoms with van der Waals surface area (Å²) in [6.07, 6.45) is 5.28. The molecule has 0 amide bonds. The summed E-state index contributed by atoms with van der Waals surface area (Å²) in [5, 5.41) is 0. The van der Waals surface area contributed by atoms with E-state index in [1.807, 2.05) is 24.3 Å². The largest absolute Gasteiger partial charge is 0.248 e. The van der Waals surface area contributed by atoms with Gasteiger partial charge in [0.15, 0.2) is 0 Å². The van der Waals surface area contributed by atoms with Crippen molar-refractivity contribution in [2.24, 2.45) is 0 Å². The number of allylic oxidation sites excluding steroid dienone is 1. The Morgan fingerprint density at radius 2 is 1.50 bits per heavy atom. The van der Waals surface area contributed by atoms with Gasteiger partial charge >= 0.3 is 0 Å². The summed E-state index contributed by atoms with van der Waals surface area (Å²) in [4.78, 5) is 9.60. The molecule has 96 valence electrons. The van der Waals surface area contributed by atoms with Crippen LogP contribution < -0.4 is 0 Å². The second-order valence-corrected chi connectivity index (χ2v) is 5.08. The van der Waals surface area contributed by atoms with Gasteiger partial charge in [-0.2, -0.15) is 0 Å². The molecule has 20 heavy (non-hydrogen) atoms. The zero-order valence-electron chi connectivity index (χ0n) is 11.0. The molecular weight excluding hydrogens is 244 g/mol. The van der Waals surface area contributed by atoms with Crippen molar-refractivity contribution >= 4 is 17.1 Å². The Morgan fingerprint density at radius 3 is 2.30 bits per heavy atom. The molecule has 1 aliphatic carbocycles. The molecule has 0 saturated heterocycles. The lowest BCUT2D eigenvalue weighted by Crippen LogP contribution is -2.10. The van der Waals surface area contributed by atoms with Crippen LogP contribution in [0.3, 0.4) is 0 Å². The molecule has 1 aromatic heterocycles. The van der Waals surface area contributed by atoms with Gasteiger partial charge in [-0.25, -0.2) is 9.97 Å². The van der Waals surface area contributed by atoms with Gasteiger partial charge in [-0.1, -0.05) is 48.5 Å². The van der Waals surface area contributed by atoms with E-state index in [-0.39, 0.29) is 0 Å². The second-order valence-electron chi connectivity index (χ2n) is 5.08. The zero-order chi connectivity index (χ0) is 13.4. The number of fused-ring (bicyclic) bond motifs is 2. The SMILES string of the molecule is C1=Cc2nc3ccccc3nc2C(c2ccccc2)C1. The molecule has 0 aliphatic heterocycles. The maximum Gasteiger partial charge on any atom is 0.0894 e. The molecule has 0 saturated carbocycles. The number of hydrogen-bond donors (Lipinski definition) is 0. The molecule has 0 bridgehead atoms. The number of nitrogens with zero attached hydrogens (tertiary/aromatic N) is 2. The topological polar surface area (TPSA) is 25.8 Å². The highest BCUT2D eigenvalue weighted by Gasteiger charge is 2.21. The monoisotopic (exact) mass is 258 g/mol. The lowest BCUT2D eigenvalue weighted by atomic mass is 9.87. The van der Waals surface area contributed by atoms with Crippen LogP contribution in [0.2, 0.25) is 0 Å². The maximum atomic E-state index is 4.86. The van der Waals surface area contributed by atoms with Gasteiger partial charge in [0.05, 0.1) is 22.4 Å². The molecule has 2 nitrogen and oxygen atoms in total. The predicted molar refractivity (Wildman–Crippen MR) is 81.5 cm³/mol. The highest BCUT2D eigenvalue weighted by atomic mass is 14.8. The van der Waals surface area contributed by atoms with Crippen molar-refractivity contribution in [3.05, 3.63) is 77.6 Å². The first-order chi connectivity index (χ1) is 9.92. The molecule has 1 atom stereocenters. The van der Waals surface area contributed by atoms with Crippen LogP contribution in [0.1, 0.15) is 29.3 Å². The summed E-state index contributed by atoms with van der Waals surface area (Å²) in [7, 11) is 0. The summed E-state index contributed by atoms with van der Waals surface area (Å²) in [5.74, 6) is 0.313. The lowest BCUT2D eigenvalue weighted by Gasteiger charge is -2.20. The molecule has 2 aromatic carbocycles. The minimum absolute atomic E-state index is 0.313.